The first-order chi connectivity index (χ1) is 15.6. The topological polar surface area (TPSA) is 110 Å². The number of alkyl halides is 2. The van der Waals surface area contributed by atoms with E-state index in [1.54, 1.807) is 43.5 Å². The van der Waals surface area contributed by atoms with Crippen molar-refractivity contribution in [3.8, 4) is 23.1 Å². The molecule has 3 N–H and O–H groups in total. The molecule has 0 atom stereocenters. The summed E-state index contributed by atoms with van der Waals surface area (Å²) in [6.45, 7) is 2.37. The molecule has 3 aromatic rings. The van der Waals surface area contributed by atoms with Gasteiger partial charge < -0.3 is 24.5 Å². The number of furan rings is 1. The summed E-state index contributed by atoms with van der Waals surface area (Å²) in [4.78, 5) is 8.88. The summed E-state index contributed by atoms with van der Waals surface area (Å²) in [7, 11) is 0. The van der Waals surface area contributed by atoms with Crippen LogP contribution in [-0.4, -0.2) is 47.4 Å². The van der Waals surface area contributed by atoms with Crippen molar-refractivity contribution in [1.82, 2.24) is 25.8 Å². The van der Waals surface area contributed by atoms with E-state index in [0.717, 1.165) is 0 Å². The van der Waals surface area contributed by atoms with E-state index in [2.05, 4.69) is 30.8 Å². The summed E-state index contributed by atoms with van der Waals surface area (Å²) < 4.78 is 41.2. The highest BCUT2D eigenvalue weighted by Gasteiger charge is 2.16. The molecule has 0 amide bonds. The maximum absolute atomic E-state index is 12.9. The normalized spacial score (nSPS) is 11.6. The van der Waals surface area contributed by atoms with Gasteiger partial charge in [0.2, 0.25) is 5.82 Å². The van der Waals surface area contributed by atoms with Crippen LogP contribution >= 0.6 is 0 Å². The third-order valence-corrected chi connectivity index (χ3v) is 4.25. The molecule has 0 aliphatic carbocycles. The highest BCUT2D eigenvalue weighted by Crippen LogP contribution is 2.33. The fourth-order valence-electron chi connectivity index (χ4n) is 2.91. The molecule has 0 saturated carbocycles. The van der Waals surface area contributed by atoms with Crippen LogP contribution in [0.1, 0.15) is 25.2 Å². The zero-order valence-corrected chi connectivity index (χ0v) is 17.9. The number of ether oxygens (including phenoxy) is 2. The smallest absolute Gasteiger partial charge is 0.387 e. The second-order valence-corrected chi connectivity index (χ2v) is 6.51. The first-order valence-electron chi connectivity index (χ1n) is 10.3. The molecule has 32 heavy (non-hydrogen) atoms. The molecule has 9 nitrogen and oxygen atoms in total. The summed E-state index contributed by atoms with van der Waals surface area (Å²) >= 11 is 0. The number of hydrogen-bond acceptors (Lipinski definition) is 6. The van der Waals surface area contributed by atoms with Crippen LogP contribution in [0, 0.1) is 0 Å². The van der Waals surface area contributed by atoms with Crippen molar-refractivity contribution in [2.45, 2.75) is 33.4 Å². The molecule has 0 unspecified atom stereocenters. The average molecular weight is 448 g/mol. The van der Waals surface area contributed by atoms with E-state index in [9.17, 15) is 8.78 Å². The van der Waals surface area contributed by atoms with Gasteiger partial charge in [-0.05, 0) is 32.0 Å². The number of halogens is 2. The molecule has 11 heteroatoms. The Morgan fingerprint density at radius 2 is 2.09 bits per heavy atom. The number of nitrogens with zero attached hydrogens (tertiary/aromatic N) is 3. The van der Waals surface area contributed by atoms with Crippen LogP contribution in [0.2, 0.25) is 0 Å². The molecular weight excluding hydrogens is 422 g/mol. The number of aliphatic imine (C=N–C) groups is 1. The highest BCUT2D eigenvalue weighted by molar-refractivity contribution is 5.79. The van der Waals surface area contributed by atoms with Gasteiger partial charge in [0.25, 0.3) is 0 Å². The minimum Gasteiger partial charge on any atom is -0.490 e. The van der Waals surface area contributed by atoms with Crippen LogP contribution in [0.15, 0.2) is 46.0 Å². The summed E-state index contributed by atoms with van der Waals surface area (Å²) in [5.74, 6) is 2.56. The van der Waals surface area contributed by atoms with Crippen molar-refractivity contribution in [3.05, 3.63) is 48.0 Å². The van der Waals surface area contributed by atoms with Gasteiger partial charge in [-0.1, -0.05) is 12.1 Å². The predicted octanol–water partition coefficient (Wildman–Crippen LogP) is 3.36. The molecule has 0 aliphatic rings. The van der Waals surface area contributed by atoms with Gasteiger partial charge in [0.1, 0.15) is 5.82 Å². The predicted molar refractivity (Wildman–Crippen MR) is 115 cm³/mol. The molecule has 1 aromatic carbocycles. The maximum atomic E-state index is 12.9. The molecule has 0 aliphatic heterocycles. The molecule has 3 rings (SSSR count). The molecule has 2 aromatic heterocycles. The molecule has 0 bridgehead atoms. The Hall–Kier alpha value is -3.63. The molecule has 172 valence electrons. The van der Waals surface area contributed by atoms with E-state index in [1.165, 1.54) is 0 Å². The largest absolute Gasteiger partial charge is 0.490 e. The Balaban J connectivity index is 1.63. The lowest BCUT2D eigenvalue weighted by molar-refractivity contribution is -0.0520. The number of rotatable bonds is 11. The van der Waals surface area contributed by atoms with E-state index in [1.807, 2.05) is 6.92 Å². The van der Waals surface area contributed by atoms with E-state index in [4.69, 9.17) is 13.9 Å². The van der Waals surface area contributed by atoms with Gasteiger partial charge >= 0.3 is 6.61 Å². The maximum Gasteiger partial charge on any atom is 0.387 e. The third-order valence-electron chi connectivity index (χ3n) is 4.25. The quantitative estimate of drug-likeness (QED) is 0.305. The Bertz CT molecular complexity index is 991. The standard InChI is InChI=1S/C21H26F2N6O3/c1-3-24-21(25-11-10-17-27-19(29-28-17)16-9-6-12-31-16)26-13-14-7-5-8-15(30-4-2)18(14)32-20(22)23/h5-9,12,20H,3-4,10-11,13H2,1-2H3,(H2,24,25,26)(H,27,28,29). The zero-order valence-electron chi connectivity index (χ0n) is 17.9. The van der Waals surface area contributed by atoms with Crippen LogP contribution < -0.4 is 20.1 Å². The van der Waals surface area contributed by atoms with Gasteiger partial charge in [-0.15, -0.1) is 0 Å². The van der Waals surface area contributed by atoms with E-state index in [0.29, 0.717) is 55.0 Å². The van der Waals surface area contributed by atoms with Gasteiger partial charge in [-0.3, -0.25) is 5.10 Å². The van der Waals surface area contributed by atoms with Crippen LogP contribution in [0.3, 0.4) is 0 Å². The first-order valence-corrected chi connectivity index (χ1v) is 10.3. The van der Waals surface area contributed by atoms with Gasteiger partial charge in [0, 0.05) is 25.1 Å². The van der Waals surface area contributed by atoms with E-state index < -0.39 is 6.61 Å². The highest BCUT2D eigenvalue weighted by atomic mass is 19.3. The monoisotopic (exact) mass is 448 g/mol. The Morgan fingerprint density at radius 3 is 2.81 bits per heavy atom. The summed E-state index contributed by atoms with van der Waals surface area (Å²) in [6, 6.07) is 8.54. The molecule has 0 radical (unpaired) electrons. The minimum absolute atomic E-state index is 0.00364. The summed E-state index contributed by atoms with van der Waals surface area (Å²) in [5.41, 5.74) is 0.492. The molecular formula is C21H26F2N6O3. The number of guanidine groups is 1. The van der Waals surface area contributed by atoms with Crippen molar-refractivity contribution >= 4 is 5.96 Å². The zero-order chi connectivity index (χ0) is 22.8. The number of H-pyrrole nitrogens is 1. The van der Waals surface area contributed by atoms with Gasteiger partial charge in [-0.2, -0.15) is 13.9 Å². The first kappa shape index (κ1) is 23.0. The van der Waals surface area contributed by atoms with Crippen molar-refractivity contribution in [3.63, 3.8) is 0 Å². The van der Waals surface area contributed by atoms with Crippen molar-refractivity contribution in [2.24, 2.45) is 4.99 Å². The minimum atomic E-state index is -2.96. The second kappa shape index (κ2) is 11.7. The van der Waals surface area contributed by atoms with Crippen LogP contribution in [0.5, 0.6) is 11.5 Å². The van der Waals surface area contributed by atoms with Gasteiger partial charge in [0.15, 0.2) is 23.2 Å². The van der Waals surface area contributed by atoms with Gasteiger partial charge in [-0.25, -0.2) is 9.98 Å². The fraction of sp³-hybridized carbons (Fsp3) is 0.381. The number of hydrogen-bond donors (Lipinski definition) is 3. The average Bonchev–Trinajstić information content (AvgIpc) is 3.45. The molecule has 0 saturated heterocycles. The molecule has 0 fully saturated rings. The van der Waals surface area contributed by atoms with Gasteiger partial charge in [0.05, 0.1) is 19.4 Å². The van der Waals surface area contributed by atoms with Crippen molar-refractivity contribution in [2.75, 3.05) is 19.7 Å². The SMILES string of the molecule is CCNC(=NCc1cccc(OCC)c1OC(F)F)NCCc1nc(-c2ccco2)n[nH]1. The number of para-hydroxylation sites is 1. The van der Waals surface area contributed by atoms with Crippen LogP contribution in [0.25, 0.3) is 11.6 Å². The third kappa shape index (κ3) is 6.43. The Morgan fingerprint density at radius 1 is 1.22 bits per heavy atom. The number of benzene rings is 1. The summed E-state index contributed by atoms with van der Waals surface area (Å²) in [5, 5.41) is 13.3. The molecule has 2 heterocycles. The lowest BCUT2D eigenvalue weighted by atomic mass is 10.2. The Labute approximate surface area is 184 Å². The van der Waals surface area contributed by atoms with E-state index >= 15 is 0 Å². The molecule has 0 spiro atoms. The number of aromatic amines is 1. The number of nitrogens with one attached hydrogen (secondary N) is 3. The van der Waals surface area contributed by atoms with Crippen molar-refractivity contribution in [1.29, 1.82) is 0 Å². The van der Waals surface area contributed by atoms with Crippen LogP contribution in [0.4, 0.5) is 8.78 Å². The van der Waals surface area contributed by atoms with E-state index in [-0.39, 0.29) is 18.0 Å². The number of aromatic nitrogens is 3. The second-order valence-electron chi connectivity index (χ2n) is 6.51. The Kier molecular flexibility index (Phi) is 8.41. The fourth-order valence-corrected chi connectivity index (χ4v) is 2.91. The van der Waals surface area contributed by atoms with Crippen molar-refractivity contribution < 1.29 is 22.7 Å². The lowest BCUT2D eigenvalue weighted by Crippen LogP contribution is -2.38. The van der Waals surface area contributed by atoms with Crippen LogP contribution in [-0.2, 0) is 13.0 Å². The lowest BCUT2D eigenvalue weighted by Gasteiger charge is -2.15. The summed E-state index contributed by atoms with van der Waals surface area (Å²) in [6.07, 6.45) is 2.13.